The van der Waals surface area contributed by atoms with E-state index in [0.29, 0.717) is 22.0 Å². The highest BCUT2D eigenvalue weighted by Crippen LogP contribution is 2.23. The van der Waals surface area contributed by atoms with Crippen LogP contribution in [0.5, 0.6) is 5.75 Å². The van der Waals surface area contributed by atoms with Crippen molar-refractivity contribution in [1.82, 2.24) is 4.90 Å². The second-order valence-electron chi connectivity index (χ2n) is 5.94. The topological polar surface area (TPSA) is 58.6 Å². The molecule has 0 aliphatic heterocycles. The second-order valence-corrected chi connectivity index (χ2v) is 6.37. The maximum absolute atomic E-state index is 12.3. The lowest BCUT2D eigenvalue weighted by Crippen LogP contribution is -2.30. The van der Waals surface area contributed by atoms with E-state index in [1.807, 2.05) is 6.92 Å². The highest BCUT2D eigenvalue weighted by Gasteiger charge is 2.16. The van der Waals surface area contributed by atoms with Crippen LogP contribution in [0, 0.1) is 6.92 Å². The van der Waals surface area contributed by atoms with Gasteiger partial charge in [-0.2, -0.15) is 0 Å². The quantitative estimate of drug-likeness (QED) is 0.883. The number of nitrogens with zero attached hydrogens (tertiary/aromatic N) is 1. The van der Waals surface area contributed by atoms with Gasteiger partial charge >= 0.3 is 0 Å². The van der Waals surface area contributed by atoms with Crippen molar-refractivity contribution < 1.29 is 14.3 Å². The first kappa shape index (κ1) is 18.8. The van der Waals surface area contributed by atoms with Gasteiger partial charge in [-0.15, -0.1) is 0 Å². The Morgan fingerprint density at radius 1 is 1.12 bits per heavy atom. The number of amides is 2. The summed E-state index contributed by atoms with van der Waals surface area (Å²) in [5.74, 6) is 0.243. The molecule has 0 saturated heterocycles. The van der Waals surface area contributed by atoms with E-state index < -0.39 is 6.10 Å². The number of hydrogen-bond donors (Lipinski definition) is 1. The summed E-state index contributed by atoms with van der Waals surface area (Å²) in [5.41, 5.74) is 2.02. The van der Waals surface area contributed by atoms with Gasteiger partial charge in [-0.3, -0.25) is 9.59 Å². The summed E-state index contributed by atoms with van der Waals surface area (Å²) < 4.78 is 5.70. The molecule has 2 aromatic carbocycles. The summed E-state index contributed by atoms with van der Waals surface area (Å²) in [6, 6.07) is 12.0. The molecule has 132 valence electrons. The largest absolute Gasteiger partial charge is 0.481 e. The van der Waals surface area contributed by atoms with Gasteiger partial charge in [0.15, 0.2) is 6.10 Å². The molecule has 25 heavy (non-hydrogen) atoms. The van der Waals surface area contributed by atoms with Gasteiger partial charge in [-0.05, 0) is 61.9 Å². The summed E-state index contributed by atoms with van der Waals surface area (Å²) >= 11 is 5.92. The molecule has 0 aromatic heterocycles. The molecule has 1 atom stereocenters. The highest BCUT2D eigenvalue weighted by atomic mass is 35.5. The Bertz CT molecular complexity index is 773. The molecule has 0 heterocycles. The standard InChI is InChI=1S/C19H21ClN2O3/c1-12-11-15(20)7-10-17(12)25-13(2)18(23)21-16-8-5-14(6-9-16)19(24)22(3)4/h5-11,13H,1-4H3,(H,21,23)/t13-/m1/s1. The molecule has 2 amide bonds. The third-order valence-corrected chi connectivity index (χ3v) is 3.85. The number of aryl methyl sites for hydroxylation is 1. The molecule has 5 nitrogen and oxygen atoms in total. The lowest BCUT2D eigenvalue weighted by atomic mass is 10.2. The third kappa shape index (κ3) is 4.97. The van der Waals surface area contributed by atoms with E-state index in [1.165, 1.54) is 4.90 Å². The Labute approximate surface area is 152 Å². The number of halogens is 1. The van der Waals surface area contributed by atoms with Crippen LogP contribution in [-0.4, -0.2) is 36.9 Å². The molecule has 2 aromatic rings. The van der Waals surface area contributed by atoms with Crippen LogP contribution in [0.15, 0.2) is 42.5 Å². The second kappa shape index (κ2) is 8.03. The van der Waals surface area contributed by atoms with Gasteiger partial charge in [0.2, 0.25) is 0 Å². The van der Waals surface area contributed by atoms with Crippen molar-refractivity contribution in [3.8, 4) is 5.75 Å². The minimum absolute atomic E-state index is 0.0900. The minimum atomic E-state index is -0.678. The van der Waals surface area contributed by atoms with Crippen molar-refractivity contribution in [2.45, 2.75) is 20.0 Å². The summed E-state index contributed by atoms with van der Waals surface area (Å²) in [6.45, 7) is 3.54. The van der Waals surface area contributed by atoms with E-state index in [-0.39, 0.29) is 11.8 Å². The van der Waals surface area contributed by atoms with E-state index in [9.17, 15) is 9.59 Å². The van der Waals surface area contributed by atoms with Crippen molar-refractivity contribution in [2.24, 2.45) is 0 Å². The molecule has 6 heteroatoms. The van der Waals surface area contributed by atoms with Gasteiger partial charge in [-0.25, -0.2) is 0 Å². The zero-order chi connectivity index (χ0) is 18.6. The molecular formula is C19H21ClN2O3. The van der Waals surface area contributed by atoms with Gasteiger partial charge in [0.1, 0.15) is 5.75 Å². The molecule has 2 rings (SSSR count). The van der Waals surface area contributed by atoms with Crippen molar-refractivity contribution in [2.75, 3.05) is 19.4 Å². The average Bonchev–Trinajstić information content (AvgIpc) is 2.57. The summed E-state index contributed by atoms with van der Waals surface area (Å²) in [6.07, 6.45) is -0.678. The first-order chi connectivity index (χ1) is 11.8. The minimum Gasteiger partial charge on any atom is -0.481 e. The van der Waals surface area contributed by atoms with Crippen LogP contribution in [0.1, 0.15) is 22.8 Å². The van der Waals surface area contributed by atoms with Crippen LogP contribution in [0.3, 0.4) is 0 Å². The van der Waals surface area contributed by atoms with E-state index in [4.69, 9.17) is 16.3 Å². The Hall–Kier alpha value is -2.53. The van der Waals surface area contributed by atoms with Crippen molar-refractivity contribution in [3.05, 3.63) is 58.6 Å². The van der Waals surface area contributed by atoms with Crippen LogP contribution >= 0.6 is 11.6 Å². The average molecular weight is 361 g/mol. The van der Waals surface area contributed by atoms with Crippen molar-refractivity contribution >= 4 is 29.1 Å². The number of ether oxygens (including phenoxy) is 1. The fourth-order valence-corrected chi connectivity index (χ4v) is 2.41. The molecule has 0 radical (unpaired) electrons. The molecule has 0 unspecified atom stereocenters. The number of benzene rings is 2. The Balaban J connectivity index is 2.00. The maximum Gasteiger partial charge on any atom is 0.265 e. The Morgan fingerprint density at radius 3 is 2.32 bits per heavy atom. The van der Waals surface area contributed by atoms with Crippen LogP contribution < -0.4 is 10.1 Å². The molecule has 0 fully saturated rings. The van der Waals surface area contributed by atoms with E-state index >= 15 is 0 Å². The molecule has 1 N–H and O–H groups in total. The number of rotatable bonds is 5. The predicted octanol–water partition coefficient (Wildman–Crippen LogP) is 3.76. The zero-order valence-corrected chi connectivity index (χ0v) is 15.4. The lowest BCUT2D eigenvalue weighted by molar-refractivity contribution is -0.122. The fourth-order valence-electron chi connectivity index (χ4n) is 2.19. The summed E-state index contributed by atoms with van der Waals surface area (Å²) in [5, 5.41) is 3.39. The summed E-state index contributed by atoms with van der Waals surface area (Å²) in [4.78, 5) is 25.6. The Kier molecular flexibility index (Phi) is 6.04. The maximum atomic E-state index is 12.3. The van der Waals surface area contributed by atoms with Gasteiger partial charge in [-0.1, -0.05) is 11.6 Å². The number of anilines is 1. The first-order valence-electron chi connectivity index (χ1n) is 7.83. The van der Waals surface area contributed by atoms with Crippen LogP contribution in [0.25, 0.3) is 0 Å². The van der Waals surface area contributed by atoms with E-state index in [2.05, 4.69) is 5.32 Å². The molecular weight excluding hydrogens is 340 g/mol. The Morgan fingerprint density at radius 2 is 1.76 bits per heavy atom. The molecule has 0 aliphatic carbocycles. The van der Waals surface area contributed by atoms with Gasteiger partial charge < -0.3 is 15.0 Å². The third-order valence-electron chi connectivity index (χ3n) is 3.62. The van der Waals surface area contributed by atoms with Crippen LogP contribution in [-0.2, 0) is 4.79 Å². The number of hydrogen-bond acceptors (Lipinski definition) is 3. The molecule has 0 saturated carbocycles. The smallest absolute Gasteiger partial charge is 0.265 e. The number of carbonyl (C=O) groups excluding carboxylic acids is 2. The molecule has 0 bridgehead atoms. The zero-order valence-electron chi connectivity index (χ0n) is 14.7. The first-order valence-corrected chi connectivity index (χ1v) is 8.21. The number of nitrogens with one attached hydrogen (secondary N) is 1. The lowest BCUT2D eigenvalue weighted by Gasteiger charge is -2.16. The normalized spacial score (nSPS) is 11.6. The fraction of sp³-hybridized carbons (Fsp3) is 0.263. The van der Waals surface area contributed by atoms with Crippen LogP contribution in [0.2, 0.25) is 5.02 Å². The van der Waals surface area contributed by atoms with E-state index in [1.54, 1.807) is 63.5 Å². The predicted molar refractivity (Wildman–Crippen MR) is 99.4 cm³/mol. The van der Waals surface area contributed by atoms with Crippen molar-refractivity contribution in [1.29, 1.82) is 0 Å². The molecule has 0 aliphatic rings. The van der Waals surface area contributed by atoms with Crippen LogP contribution in [0.4, 0.5) is 5.69 Å². The summed E-state index contributed by atoms with van der Waals surface area (Å²) in [7, 11) is 3.38. The molecule has 0 spiro atoms. The monoisotopic (exact) mass is 360 g/mol. The van der Waals surface area contributed by atoms with Crippen molar-refractivity contribution in [3.63, 3.8) is 0 Å². The highest BCUT2D eigenvalue weighted by molar-refractivity contribution is 6.30. The van der Waals surface area contributed by atoms with E-state index in [0.717, 1.165) is 5.56 Å². The number of carbonyl (C=O) groups is 2. The van der Waals surface area contributed by atoms with Gasteiger partial charge in [0.05, 0.1) is 0 Å². The SMILES string of the molecule is Cc1cc(Cl)ccc1O[C@H](C)C(=O)Nc1ccc(C(=O)N(C)C)cc1. The van der Waals surface area contributed by atoms with Gasteiger partial charge in [0.25, 0.3) is 11.8 Å². The van der Waals surface area contributed by atoms with Gasteiger partial charge in [0, 0.05) is 30.4 Å².